The van der Waals surface area contributed by atoms with Gasteiger partial charge in [-0.3, -0.25) is 0 Å². The minimum atomic E-state index is -0.385. The molecule has 1 heterocycles. The van der Waals surface area contributed by atoms with Gasteiger partial charge < -0.3 is 10.2 Å². The number of furan rings is 1. The molecule has 0 radical (unpaired) electrons. The molecule has 1 atom stereocenters. The van der Waals surface area contributed by atoms with E-state index in [9.17, 15) is 4.39 Å². The molecule has 1 unspecified atom stereocenters. The Labute approximate surface area is 123 Å². The van der Waals surface area contributed by atoms with Crippen molar-refractivity contribution < 1.29 is 8.81 Å². The van der Waals surface area contributed by atoms with Crippen molar-refractivity contribution in [3.05, 3.63) is 69.2 Å². The molecule has 3 rings (SSSR count). The van der Waals surface area contributed by atoms with Crippen molar-refractivity contribution in [2.24, 2.45) is 5.73 Å². The lowest BCUT2D eigenvalue weighted by Gasteiger charge is -2.08. The maximum atomic E-state index is 13.6. The van der Waals surface area contributed by atoms with Crippen molar-refractivity contribution in [3.8, 4) is 0 Å². The first-order chi connectivity index (χ1) is 9.15. The van der Waals surface area contributed by atoms with Gasteiger partial charge in [-0.2, -0.15) is 0 Å². The summed E-state index contributed by atoms with van der Waals surface area (Å²) in [4.78, 5) is 0. The molecular formula is C15H11FINO. The van der Waals surface area contributed by atoms with Crippen LogP contribution in [0, 0.1) is 9.39 Å². The van der Waals surface area contributed by atoms with Gasteiger partial charge in [0.05, 0.1) is 6.04 Å². The van der Waals surface area contributed by atoms with Gasteiger partial charge in [-0.25, -0.2) is 4.39 Å². The van der Waals surface area contributed by atoms with E-state index in [0.717, 1.165) is 14.5 Å². The number of hydrogen-bond donors (Lipinski definition) is 1. The lowest BCUT2D eigenvalue weighted by Crippen LogP contribution is -2.10. The van der Waals surface area contributed by atoms with E-state index in [1.165, 1.54) is 6.07 Å². The lowest BCUT2D eigenvalue weighted by molar-refractivity contribution is 0.502. The molecular weight excluding hydrogens is 356 g/mol. The second-order valence-electron chi connectivity index (χ2n) is 4.34. The van der Waals surface area contributed by atoms with Gasteiger partial charge in [0.25, 0.3) is 0 Å². The monoisotopic (exact) mass is 367 g/mol. The summed E-state index contributed by atoms with van der Waals surface area (Å²) in [7, 11) is 0. The summed E-state index contributed by atoms with van der Waals surface area (Å²) in [5, 5.41) is 0.732. The third kappa shape index (κ3) is 2.37. The van der Waals surface area contributed by atoms with Gasteiger partial charge in [0.1, 0.15) is 5.76 Å². The fraction of sp³-hybridized carbons (Fsp3) is 0.0667. The first kappa shape index (κ1) is 12.6. The van der Waals surface area contributed by atoms with Crippen LogP contribution < -0.4 is 5.73 Å². The Morgan fingerprint density at radius 1 is 1.11 bits per heavy atom. The number of halogens is 2. The number of rotatable bonds is 2. The minimum absolute atomic E-state index is 0.262. The molecule has 1 aromatic heterocycles. The zero-order chi connectivity index (χ0) is 13.4. The first-order valence-corrected chi connectivity index (χ1v) is 6.92. The van der Waals surface area contributed by atoms with Gasteiger partial charge >= 0.3 is 0 Å². The summed E-state index contributed by atoms with van der Waals surface area (Å²) in [5.74, 6) is 0.208. The van der Waals surface area contributed by atoms with E-state index in [-0.39, 0.29) is 17.4 Å². The van der Waals surface area contributed by atoms with E-state index in [2.05, 4.69) is 22.6 Å². The molecule has 3 aromatic rings. The van der Waals surface area contributed by atoms with Gasteiger partial charge in [0, 0.05) is 8.96 Å². The molecule has 0 aliphatic heterocycles. The Bertz CT molecular complexity index is 721. The molecule has 0 saturated heterocycles. The maximum absolute atomic E-state index is 13.6. The second kappa shape index (κ2) is 4.94. The molecule has 0 amide bonds. The molecule has 0 bridgehead atoms. The molecule has 2 nitrogen and oxygen atoms in total. The van der Waals surface area contributed by atoms with Gasteiger partial charge in [0.2, 0.25) is 0 Å². The van der Waals surface area contributed by atoms with Crippen molar-refractivity contribution in [1.82, 2.24) is 0 Å². The second-order valence-corrected chi connectivity index (χ2v) is 5.58. The molecule has 0 saturated carbocycles. The fourth-order valence-corrected chi connectivity index (χ4v) is 2.39. The van der Waals surface area contributed by atoms with Crippen LogP contribution in [0.5, 0.6) is 0 Å². The van der Waals surface area contributed by atoms with E-state index < -0.39 is 0 Å². The minimum Gasteiger partial charge on any atom is -0.456 e. The molecule has 4 heteroatoms. The summed E-state index contributed by atoms with van der Waals surface area (Å²) in [6.45, 7) is 0. The van der Waals surface area contributed by atoms with Crippen molar-refractivity contribution in [2.75, 3.05) is 0 Å². The first-order valence-electron chi connectivity index (χ1n) is 5.84. The van der Waals surface area contributed by atoms with Gasteiger partial charge in [0.15, 0.2) is 11.4 Å². The summed E-state index contributed by atoms with van der Waals surface area (Å²) in [6, 6.07) is 14.1. The Balaban J connectivity index is 2.04. The number of fused-ring (bicyclic) bond motifs is 1. The molecule has 19 heavy (non-hydrogen) atoms. The van der Waals surface area contributed by atoms with Gasteiger partial charge in [-0.15, -0.1) is 0 Å². The smallest absolute Gasteiger partial charge is 0.169 e. The van der Waals surface area contributed by atoms with Gasteiger partial charge in [-0.1, -0.05) is 24.3 Å². The number of para-hydroxylation sites is 1. The van der Waals surface area contributed by atoms with E-state index in [0.29, 0.717) is 5.76 Å². The highest BCUT2D eigenvalue weighted by molar-refractivity contribution is 14.1. The van der Waals surface area contributed by atoms with Crippen LogP contribution in [0.15, 0.2) is 52.9 Å². The number of hydrogen-bond acceptors (Lipinski definition) is 2. The van der Waals surface area contributed by atoms with Crippen molar-refractivity contribution in [1.29, 1.82) is 0 Å². The Kier molecular flexibility index (Phi) is 3.28. The molecule has 2 aromatic carbocycles. The fourth-order valence-electron chi connectivity index (χ4n) is 2.04. The van der Waals surface area contributed by atoms with Crippen LogP contribution in [-0.2, 0) is 0 Å². The largest absolute Gasteiger partial charge is 0.456 e. The summed E-state index contributed by atoms with van der Waals surface area (Å²) >= 11 is 2.24. The maximum Gasteiger partial charge on any atom is 0.169 e. The highest BCUT2D eigenvalue weighted by atomic mass is 127. The van der Waals surface area contributed by atoms with Crippen LogP contribution in [0.3, 0.4) is 0 Å². The normalized spacial score (nSPS) is 12.8. The quantitative estimate of drug-likeness (QED) is 0.689. The average molecular weight is 367 g/mol. The Morgan fingerprint density at radius 3 is 2.53 bits per heavy atom. The summed E-state index contributed by atoms with van der Waals surface area (Å²) in [6.07, 6.45) is 0. The van der Waals surface area contributed by atoms with Crippen LogP contribution in [0.2, 0.25) is 0 Å². The van der Waals surface area contributed by atoms with Crippen LogP contribution in [0.1, 0.15) is 17.4 Å². The predicted molar refractivity (Wildman–Crippen MR) is 81.4 cm³/mol. The summed E-state index contributed by atoms with van der Waals surface area (Å²) in [5.41, 5.74) is 7.37. The molecule has 96 valence electrons. The van der Waals surface area contributed by atoms with Crippen LogP contribution >= 0.6 is 22.6 Å². The van der Waals surface area contributed by atoms with E-state index in [1.807, 2.05) is 30.3 Å². The highest BCUT2D eigenvalue weighted by Gasteiger charge is 2.15. The third-order valence-electron chi connectivity index (χ3n) is 3.05. The molecule has 2 N–H and O–H groups in total. The van der Waals surface area contributed by atoms with Crippen LogP contribution in [0.25, 0.3) is 11.0 Å². The molecule has 0 fully saturated rings. The SMILES string of the molecule is NC(c1ccc(I)cc1)c1cc2cccc(F)c2o1. The van der Waals surface area contributed by atoms with E-state index in [1.54, 1.807) is 12.1 Å². The lowest BCUT2D eigenvalue weighted by atomic mass is 10.1. The van der Waals surface area contributed by atoms with E-state index >= 15 is 0 Å². The average Bonchev–Trinajstić information content (AvgIpc) is 2.84. The third-order valence-corrected chi connectivity index (χ3v) is 3.77. The number of nitrogens with two attached hydrogens (primary N) is 1. The van der Waals surface area contributed by atoms with E-state index in [4.69, 9.17) is 10.2 Å². The standard InChI is InChI=1S/C15H11FINO/c16-12-3-1-2-10-8-13(19-15(10)12)14(18)9-4-6-11(17)7-5-9/h1-8,14H,18H2. The Hall–Kier alpha value is -1.40. The van der Waals surface area contributed by atoms with Gasteiger partial charge in [-0.05, 0) is 52.4 Å². The zero-order valence-electron chi connectivity index (χ0n) is 9.94. The number of benzene rings is 2. The predicted octanol–water partition coefficient (Wildman–Crippen LogP) is 4.22. The highest BCUT2D eigenvalue weighted by Crippen LogP contribution is 2.28. The zero-order valence-corrected chi connectivity index (χ0v) is 12.1. The Morgan fingerprint density at radius 2 is 1.84 bits per heavy atom. The molecule has 0 aliphatic rings. The topological polar surface area (TPSA) is 39.2 Å². The van der Waals surface area contributed by atoms with Crippen LogP contribution in [0.4, 0.5) is 4.39 Å². The molecule has 0 aliphatic carbocycles. The van der Waals surface area contributed by atoms with Crippen molar-refractivity contribution in [2.45, 2.75) is 6.04 Å². The summed E-state index contributed by atoms with van der Waals surface area (Å²) < 4.78 is 20.3. The van der Waals surface area contributed by atoms with Crippen LogP contribution in [-0.4, -0.2) is 0 Å². The van der Waals surface area contributed by atoms with Crippen molar-refractivity contribution in [3.63, 3.8) is 0 Å². The van der Waals surface area contributed by atoms with Crippen molar-refractivity contribution >= 4 is 33.6 Å². The molecule has 0 spiro atoms.